The third kappa shape index (κ3) is 2.92. The molecule has 2 amide bonds. The lowest BCUT2D eigenvalue weighted by Crippen LogP contribution is -2.35. The van der Waals surface area contributed by atoms with Crippen LogP contribution in [0.1, 0.15) is 38.7 Å². The van der Waals surface area contributed by atoms with Crippen molar-refractivity contribution in [2.45, 2.75) is 44.6 Å². The van der Waals surface area contributed by atoms with E-state index in [0.717, 1.165) is 12.0 Å². The van der Waals surface area contributed by atoms with Crippen LogP contribution in [-0.4, -0.2) is 23.1 Å². The minimum absolute atomic E-state index is 0.121. The van der Waals surface area contributed by atoms with E-state index < -0.39 is 11.4 Å². The molecule has 0 saturated heterocycles. The molecule has 0 heterocycles. The molecule has 5 nitrogen and oxygen atoms in total. The van der Waals surface area contributed by atoms with E-state index in [9.17, 15) is 14.7 Å². The zero-order valence-electron chi connectivity index (χ0n) is 11.8. The molecule has 1 fully saturated rings. The molecule has 1 unspecified atom stereocenters. The van der Waals surface area contributed by atoms with E-state index in [1.165, 1.54) is 0 Å². The number of benzene rings is 1. The summed E-state index contributed by atoms with van der Waals surface area (Å²) in [6.45, 7) is 3.94. The van der Waals surface area contributed by atoms with Gasteiger partial charge in [0, 0.05) is 11.7 Å². The minimum atomic E-state index is -0.771. The third-order valence-electron chi connectivity index (χ3n) is 3.84. The molecule has 1 aromatic rings. The normalized spacial score (nSPS) is 17.1. The first-order valence-electron chi connectivity index (χ1n) is 6.89. The molecule has 5 heteroatoms. The molecule has 1 atom stereocenters. The topological polar surface area (TPSA) is 78.4 Å². The molecule has 0 bridgehead atoms. The maximum absolute atomic E-state index is 11.7. The number of amides is 2. The number of hydrogen-bond acceptors (Lipinski definition) is 2. The summed E-state index contributed by atoms with van der Waals surface area (Å²) in [6.07, 6.45) is 2.24. The lowest BCUT2D eigenvalue weighted by Gasteiger charge is -2.14. The second kappa shape index (κ2) is 5.53. The fourth-order valence-electron chi connectivity index (χ4n) is 2.12. The van der Waals surface area contributed by atoms with Crippen molar-refractivity contribution in [3.8, 4) is 0 Å². The van der Waals surface area contributed by atoms with Crippen LogP contribution in [-0.2, 0) is 10.2 Å². The molecule has 3 N–H and O–H groups in total. The SMILES string of the molecule is CCC(C)NC(=O)Nc1ccc(C2(C(=O)O)CC2)cc1. The first-order chi connectivity index (χ1) is 9.48. The zero-order valence-corrected chi connectivity index (χ0v) is 11.8. The summed E-state index contributed by atoms with van der Waals surface area (Å²) >= 11 is 0. The summed E-state index contributed by atoms with van der Waals surface area (Å²) in [5.41, 5.74) is 0.769. The Morgan fingerprint density at radius 1 is 1.30 bits per heavy atom. The lowest BCUT2D eigenvalue weighted by atomic mass is 9.96. The van der Waals surface area contributed by atoms with Gasteiger partial charge in [-0.05, 0) is 43.9 Å². The fraction of sp³-hybridized carbons (Fsp3) is 0.467. The number of nitrogens with one attached hydrogen (secondary N) is 2. The molecule has 1 saturated carbocycles. The predicted octanol–water partition coefficient (Wildman–Crippen LogP) is 2.72. The summed E-state index contributed by atoms with van der Waals surface area (Å²) < 4.78 is 0. The maximum Gasteiger partial charge on any atom is 0.319 e. The number of carboxylic acid groups (broad SMARTS) is 1. The maximum atomic E-state index is 11.7. The van der Waals surface area contributed by atoms with E-state index in [1.807, 2.05) is 13.8 Å². The number of urea groups is 1. The third-order valence-corrected chi connectivity index (χ3v) is 3.84. The van der Waals surface area contributed by atoms with Crippen molar-refractivity contribution in [2.75, 3.05) is 5.32 Å². The Hall–Kier alpha value is -2.04. The Balaban J connectivity index is 1.99. The molecule has 0 aromatic heterocycles. The van der Waals surface area contributed by atoms with Gasteiger partial charge in [0.15, 0.2) is 0 Å². The smallest absolute Gasteiger partial charge is 0.319 e. The van der Waals surface area contributed by atoms with Gasteiger partial charge in [-0.15, -0.1) is 0 Å². The monoisotopic (exact) mass is 276 g/mol. The average molecular weight is 276 g/mol. The molecule has 0 radical (unpaired) electrons. The Labute approximate surface area is 118 Å². The number of carbonyl (C=O) groups is 2. The molecule has 1 aliphatic carbocycles. The Morgan fingerprint density at radius 2 is 1.90 bits per heavy atom. The van der Waals surface area contributed by atoms with Crippen LogP contribution in [0.25, 0.3) is 0 Å². The molecule has 20 heavy (non-hydrogen) atoms. The molecule has 0 aliphatic heterocycles. The van der Waals surface area contributed by atoms with Crippen molar-refractivity contribution >= 4 is 17.7 Å². The van der Waals surface area contributed by atoms with Crippen molar-refractivity contribution in [1.82, 2.24) is 5.32 Å². The summed E-state index contributed by atoms with van der Waals surface area (Å²) in [6, 6.07) is 6.92. The van der Waals surface area contributed by atoms with Crippen LogP contribution in [0.3, 0.4) is 0 Å². The van der Waals surface area contributed by atoms with Gasteiger partial charge in [-0.1, -0.05) is 19.1 Å². The summed E-state index contributed by atoms with van der Waals surface area (Å²) in [5, 5.41) is 14.8. The van der Waals surface area contributed by atoms with Crippen LogP contribution in [0.4, 0.5) is 10.5 Å². The van der Waals surface area contributed by atoms with Crippen LogP contribution in [0, 0.1) is 0 Å². The number of aliphatic carboxylic acids is 1. The average Bonchev–Trinajstić information content (AvgIpc) is 3.20. The highest BCUT2D eigenvalue weighted by Crippen LogP contribution is 2.48. The Kier molecular flexibility index (Phi) is 3.97. The number of rotatable bonds is 5. The van der Waals surface area contributed by atoms with E-state index in [0.29, 0.717) is 18.5 Å². The highest BCUT2D eigenvalue weighted by atomic mass is 16.4. The van der Waals surface area contributed by atoms with Gasteiger partial charge >= 0.3 is 12.0 Å². The zero-order chi connectivity index (χ0) is 14.8. The van der Waals surface area contributed by atoms with Gasteiger partial charge in [-0.25, -0.2) is 4.79 Å². The van der Waals surface area contributed by atoms with Crippen LogP contribution in [0.2, 0.25) is 0 Å². The van der Waals surface area contributed by atoms with Crippen LogP contribution in [0.5, 0.6) is 0 Å². The van der Waals surface area contributed by atoms with E-state index in [-0.39, 0.29) is 12.1 Å². The van der Waals surface area contributed by atoms with Gasteiger partial charge in [0.05, 0.1) is 5.41 Å². The van der Waals surface area contributed by atoms with Gasteiger partial charge in [0.2, 0.25) is 0 Å². The predicted molar refractivity (Wildman–Crippen MR) is 76.9 cm³/mol. The van der Waals surface area contributed by atoms with E-state index in [1.54, 1.807) is 24.3 Å². The number of anilines is 1. The van der Waals surface area contributed by atoms with Crippen LogP contribution in [0.15, 0.2) is 24.3 Å². The first kappa shape index (κ1) is 14.4. The minimum Gasteiger partial charge on any atom is -0.481 e. The fourth-order valence-corrected chi connectivity index (χ4v) is 2.12. The largest absolute Gasteiger partial charge is 0.481 e. The summed E-state index contributed by atoms with van der Waals surface area (Å²) in [7, 11) is 0. The summed E-state index contributed by atoms with van der Waals surface area (Å²) in [4.78, 5) is 22.9. The van der Waals surface area contributed by atoms with E-state index >= 15 is 0 Å². The molecule has 2 rings (SSSR count). The highest BCUT2D eigenvalue weighted by Gasteiger charge is 2.51. The van der Waals surface area contributed by atoms with Gasteiger partial charge in [0.1, 0.15) is 0 Å². The van der Waals surface area contributed by atoms with Gasteiger partial charge < -0.3 is 15.7 Å². The van der Waals surface area contributed by atoms with Crippen molar-refractivity contribution < 1.29 is 14.7 Å². The molecule has 108 valence electrons. The van der Waals surface area contributed by atoms with Crippen molar-refractivity contribution in [3.63, 3.8) is 0 Å². The molecule has 1 aliphatic rings. The van der Waals surface area contributed by atoms with Gasteiger partial charge in [0.25, 0.3) is 0 Å². The number of hydrogen-bond donors (Lipinski definition) is 3. The Morgan fingerprint density at radius 3 is 2.35 bits per heavy atom. The number of carbonyl (C=O) groups excluding carboxylic acids is 1. The number of carboxylic acids is 1. The standard InChI is InChI=1S/C15H20N2O3/c1-3-10(2)16-14(20)17-12-6-4-11(5-7-12)15(8-9-15)13(18)19/h4-7,10H,3,8-9H2,1-2H3,(H,18,19)(H2,16,17,20). The quantitative estimate of drug-likeness (QED) is 0.773. The lowest BCUT2D eigenvalue weighted by molar-refractivity contribution is -0.140. The van der Waals surface area contributed by atoms with E-state index in [2.05, 4.69) is 10.6 Å². The molecular formula is C15H20N2O3. The van der Waals surface area contributed by atoms with E-state index in [4.69, 9.17) is 0 Å². The van der Waals surface area contributed by atoms with Crippen molar-refractivity contribution in [3.05, 3.63) is 29.8 Å². The second-order valence-corrected chi connectivity index (χ2v) is 5.37. The molecule has 0 spiro atoms. The van der Waals surface area contributed by atoms with Crippen LogP contribution < -0.4 is 10.6 Å². The summed E-state index contributed by atoms with van der Waals surface area (Å²) in [5.74, 6) is -0.771. The van der Waals surface area contributed by atoms with Gasteiger partial charge in [-0.3, -0.25) is 4.79 Å². The van der Waals surface area contributed by atoms with Crippen molar-refractivity contribution in [1.29, 1.82) is 0 Å². The second-order valence-electron chi connectivity index (χ2n) is 5.37. The first-order valence-corrected chi connectivity index (χ1v) is 6.89. The highest BCUT2D eigenvalue weighted by molar-refractivity contribution is 5.90. The van der Waals surface area contributed by atoms with Gasteiger partial charge in [-0.2, -0.15) is 0 Å². The molecule has 1 aromatic carbocycles. The molecular weight excluding hydrogens is 256 g/mol. The van der Waals surface area contributed by atoms with Crippen LogP contribution >= 0.6 is 0 Å². The Bertz CT molecular complexity index is 506. The van der Waals surface area contributed by atoms with Crippen molar-refractivity contribution in [2.24, 2.45) is 0 Å².